The summed E-state index contributed by atoms with van der Waals surface area (Å²) in [4.78, 5) is 2.32. The Morgan fingerprint density at radius 3 is 2.90 bits per heavy atom. The van der Waals surface area contributed by atoms with Gasteiger partial charge in [0.2, 0.25) is 0 Å². The second kappa shape index (κ2) is 9.28. The number of nitrogens with one attached hydrogen (secondary N) is 4. The molecule has 9 atom stereocenters. The fraction of sp³-hybridized carbons (Fsp3) is 0.909. The number of likely N-dealkylation sites (N-methyl/N-ethyl adjacent to an activating group) is 1. The van der Waals surface area contributed by atoms with Gasteiger partial charge in [0.25, 0.3) is 0 Å². The van der Waals surface area contributed by atoms with Gasteiger partial charge in [-0.15, -0.1) is 0 Å². The van der Waals surface area contributed by atoms with Crippen LogP contribution in [-0.4, -0.2) is 75.5 Å². The number of hydrogen-bond donors (Lipinski definition) is 4. The van der Waals surface area contributed by atoms with Crippen molar-refractivity contribution in [2.75, 3.05) is 33.8 Å². The molecule has 3 aliphatic heterocycles. The lowest BCUT2D eigenvalue weighted by Crippen LogP contribution is -2.72. The van der Waals surface area contributed by atoms with Crippen molar-refractivity contribution in [3.05, 3.63) is 11.6 Å². The number of alkyl halides is 1. The summed E-state index contributed by atoms with van der Waals surface area (Å²) in [7, 11) is 4.13. The Bertz CT molecular complexity index is 590. The van der Waals surface area contributed by atoms with E-state index in [1.54, 1.807) is 0 Å². The minimum Gasteiger partial charge on any atom is -0.377 e. The molecule has 3 fully saturated rings. The number of fused-ring (bicyclic) bond motifs is 1. The van der Waals surface area contributed by atoms with E-state index in [0.29, 0.717) is 17.9 Å². The summed E-state index contributed by atoms with van der Waals surface area (Å²) in [6.07, 6.45) is 5.53. The van der Waals surface area contributed by atoms with Gasteiger partial charge >= 0.3 is 0 Å². The molecule has 4 N–H and O–H groups in total. The van der Waals surface area contributed by atoms with Crippen molar-refractivity contribution >= 4 is 0 Å². The van der Waals surface area contributed by atoms with Crippen LogP contribution in [0.15, 0.2) is 11.6 Å². The first-order chi connectivity index (χ1) is 14.0. The third kappa shape index (κ3) is 4.55. The first-order valence-corrected chi connectivity index (χ1v) is 11.6. The summed E-state index contributed by atoms with van der Waals surface area (Å²) in [6.45, 7) is 7.20. The molecule has 0 spiro atoms. The quantitative estimate of drug-likeness (QED) is 0.527. The zero-order valence-electron chi connectivity index (χ0n) is 18.5. The van der Waals surface area contributed by atoms with Gasteiger partial charge in [0.15, 0.2) is 0 Å². The van der Waals surface area contributed by atoms with E-state index >= 15 is 4.39 Å². The highest BCUT2D eigenvalue weighted by Gasteiger charge is 2.50. The van der Waals surface area contributed by atoms with Gasteiger partial charge in [0, 0.05) is 31.2 Å². The van der Waals surface area contributed by atoms with Crippen LogP contribution in [0.2, 0.25) is 0 Å². The molecule has 0 amide bonds. The summed E-state index contributed by atoms with van der Waals surface area (Å²) < 4.78 is 22.1. The smallest absolute Gasteiger partial charge is 0.124 e. The molecular weight excluding hydrogens is 369 g/mol. The van der Waals surface area contributed by atoms with Gasteiger partial charge in [-0.05, 0) is 65.1 Å². The molecule has 3 heterocycles. The largest absolute Gasteiger partial charge is 0.377 e. The first kappa shape index (κ1) is 21.7. The fourth-order valence-electron chi connectivity index (χ4n) is 5.83. The molecule has 29 heavy (non-hydrogen) atoms. The summed E-state index contributed by atoms with van der Waals surface area (Å²) in [5.74, 6) is 0.797. The van der Waals surface area contributed by atoms with E-state index in [-0.39, 0.29) is 30.5 Å². The third-order valence-electron chi connectivity index (χ3n) is 7.78. The predicted molar refractivity (Wildman–Crippen MR) is 114 cm³/mol. The highest BCUT2D eigenvalue weighted by atomic mass is 19.1. The van der Waals surface area contributed by atoms with E-state index in [1.807, 2.05) is 7.05 Å². The first-order valence-electron chi connectivity index (χ1n) is 11.6. The molecule has 7 heteroatoms. The lowest BCUT2D eigenvalue weighted by atomic mass is 9.71. The Labute approximate surface area is 175 Å². The highest BCUT2D eigenvalue weighted by Crippen LogP contribution is 2.44. The Morgan fingerprint density at radius 1 is 1.28 bits per heavy atom. The maximum Gasteiger partial charge on any atom is 0.124 e. The Balaban J connectivity index is 1.49. The van der Waals surface area contributed by atoms with Crippen LogP contribution in [0.25, 0.3) is 0 Å². The molecule has 2 saturated heterocycles. The molecule has 4 rings (SSSR count). The normalized spacial score (nSPS) is 46.8. The third-order valence-corrected chi connectivity index (χ3v) is 7.78. The minimum atomic E-state index is -0.921. The van der Waals surface area contributed by atoms with E-state index < -0.39 is 6.17 Å². The van der Waals surface area contributed by atoms with Gasteiger partial charge in [0.05, 0.1) is 12.3 Å². The van der Waals surface area contributed by atoms with Gasteiger partial charge in [-0.3, -0.25) is 16.0 Å². The number of nitrogens with zero attached hydrogens (tertiary/aromatic N) is 1. The van der Waals surface area contributed by atoms with Crippen molar-refractivity contribution in [3.63, 3.8) is 0 Å². The standard InChI is InChI=1S/C22H40FN5O/c1-13-14(2)25-22(27-21(13)24-3)26-17-12-16-8-11-29-20(16)18(19(17)23)15-6-5-9-28(4)10-7-15/h7,13-14,16-22,24-27H,5-6,8-12H2,1-4H3. The van der Waals surface area contributed by atoms with E-state index in [4.69, 9.17) is 4.74 Å². The lowest BCUT2D eigenvalue weighted by molar-refractivity contribution is -0.0273. The molecule has 0 aromatic carbocycles. The number of ether oxygens (including phenoxy) is 1. The van der Waals surface area contributed by atoms with Gasteiger partial charge in [-0.2, -0.15) is 0 Å². The summed E-state index contributed by atoms with van der Waals surface area (Å²) in [6, 6.07) is 0.194. The molecule has 0 aromatic heterocycles. The Hall–Kier alpha value is -0.570. The second-order valence-electron chi connectivity index (χ2n) is 9.69. The van der Waals surface area contributed by atoms with Crippen LogP contribution in [0.3, 0.4) is 0 Å². The van der Waals surface area contributed by atoms with Crippen LogP contribution in [0.4, 0.5) is 4.39 Å². The minimum absolute atomic E-state index is 0.0500. The molecule has 9 unspecified atom stereocenters. The van der Waals surface area contributed by atoms with E-state index in [1.165, 1.54) is 5.57 Å². The van der Waals surface area contributed by atoms with Crippen molar-refractivity contribution in [1.29, 1.82) is 0 Å². The van der Waals surface area contributed by atoms with Gasteiger partial charge < -0.3 is 15.0 Å². The second-order valence-corrected chi connectivity index (χ2v) is 9.69. The number of halogens is 1. The van der Waals surface area contributed by atoms with Crippen molar-refractivity contribution in [2.24, 2.45) is 17.8 Å². The molecule has 1 saturated carbocycles. The maximum atomic E-state index is 16.0. The molecule has 0 aromatic rings. The predicted octanol–water partition coefficient (Wildman–Crippen LogP) is 1.41. The monoisotopic (exact) mass is 409 g/mol. The van der Waals surface area contributed by atoms with Gasteiger partial charge in [-0.1, -0.05) is 18.6 Å². The van der Waals surface area contributed by atoms with Crippen LogP contribution in [-0.2, 0) is 4.74 Å². The van der Waals surface area contributed by atoms with Gasteiger partial charge in [-0.25, -0.2) is 4.39 Å². The van der Waals surface area contributed by atoms with Crippen molar-refractivity contribution in [3.8, 4) is 0 Å². The lowest BCUT2D eigenvalue weighted by Gasteiger charge is -2.46. The molecule has 6 nitrogen and oxygen atoms in total. The van der Waals surface area contributed by atoms with Crippen LogP contribution in [0.5, 0.6) is 0 Å². The van der Waals surface area contributed by atoms with E-state index in [0.717, 1.165) is 45.4 Å². The number of hydrogen-bond acceptors (Lipinski definition) is 6. The average molecular weight is 410 g/mol. The Morgan fingerprint density at radius 2 is 2.10 bits per heavy atom. The van der Waals surface area contributed by atoms with E-state index in [9.17, 15) is 0 Å². The van der Waals surface area contributed by atoms with Crippen molar-refractivity contribution < 1.29 is 9.13 Å². The van der Waals surface area contributed by atoms with Crippen LogP contribution < -0.4 is 21.3 Å². The maximum absolute atomic E-state index is 16.0. The fourth-order valence-corrected chi connectivity index (χ4v) is 5.83. The van der Waals surface area contributed by atoms with Crippen LogP contribution in [0, 0.1) is 17.8 Å². The van der Waals surface area contributed by atoms with Crippen molar-refractivity contribution in [2.45, 2.75) is 76.3 Å². The van der Waals surface area contributed by atoms with Gasteiger partial charge in [0.1, 0.15) is 12.5 Å². The average Bonchev–Trinajstić information content (AvgIpc) is 3.05. The van der Waals surface area contributed by atoms with Crippen LogP contribution in [0.1, 0.15) is 39.5 Å². The zero-order valence-corrected chi connectivity index (χ0v) is 18.5. The molecule has 1 aliphatic carbocycles. The summed E-state index contributed by atoms with van der Waals surface area (Å²) >= 11 is 0. The van der Waals surface area contributed by atoms with Crippen LogP contribution >= 0.6 is 0 Å². The molecule has 4 aliphatic rings. The number of rotatable bonds is 4. The zero-order chi connectivity index (χ0) is 20.5. The SMILES string of the molecule is CNC1NC(NC2CC3CCOC3C(C3=CCN(C)CCC3)C2F)NC(C)C1C. The molecule has 0 bridgehead atoms. The highest BCUT2D eigenvalue weighted by molar-refractivity contribution is 5.18. The summed E-state index contributed by atoms with van der Waals surface area (Å²) in [5, 5.41) is 14.1. The molecule has 166 valence electrons. The molecule has 0 radical (unpaired) electrons. The van der Waals surface area contributed by atoms with E-state index in [2.05, 4.69) is 53.1 Å². The Kier molecular flexibility index (Phi) is 6.93. The topological polar surface area (TPSA) is 60.6 Å². The van der Waals surface area contributed by atoms with Crippen molar-refractivity contribution in [1.82, 2.24) is 26.2 Å². The summed E-state index contributed by atoms with van der Waals surface area (Å²) in [5.41, 5.74) is 1.28. The molecular formula is C22H40FN5O.